The van der Waals surface area contributed by atoms with Crippen molar-refractivity contribution in [2.75, 3.05) is 48.5 Å². The lowest BCUT2D eigenvalue weighted by Crippen LogP contribution is -2.34. The minimum absolute atomic E-state index is 0.0832. The van der Waals surface area contributed by atoms with Crippen LogP contribution >= 0.6 is 23.1 Å². The van der Waals surface area contributed by atoms with Crippen LogP contribution in [0.15, 0.2) is 107 Å². The van der Waals surface area contributed by atoms with Gasteiger partial charge in [0.25, 0.3) is 21.8 Å². The van der Waals surface area contributed by atoms with Crippen LogP contribution in [0.25, 0.3) is 10.2 Å². The summed E-state index contributed by atoms with van der Waals surface area (Å²) in [4.78, 5) is 59.9. The van der Waals surface area contributed by atoms with Gasteiger partial charge < -0.3 is 15.1 Å². The highest BCUT2D eigenvalue weighted by molar-refractivity contribution is 7.99. The third kappa shape index (κ3) is 9.56. The van der Waals surface area contributed by atoms with Gasteiger partial charge >= 0.3 is 5.69 Å². The Morgan fingerprint density at radius 1 is 1.02 bits per heavy atom. The summed E-state index contributed by atoms with van der Waals surface area (Å²) in [5.41, 5.74) is 2.20. The Balaban J connectivity index is 1.04. The number of nitrogens with one attached hydrogen (secondary N) is 3. The summed E-state index contributed by atoms with van der Waals surface area (Å²) in [5, 5.41) is 18.7. The third-order valence-electron chi connectivity index (χ3n) is 9.26. The molecule has 0 spiro atoms. The van der Waals surface area contributed by atoms with Crippen LogP contribution in [0.1, 0.15) is 38.4 Å². The molecule has 6 aromatic rings. The number of benzene rings is 2. The average Bonchev–Trinajstić information content (AvgIpc) is 3.64. The molecule has 5 heterocycles. The van der Waals surface area contributed by atoms with Crippen LogP contribution in [0.5, 0.6) is 0 Å². The van der Waals surface area contributed by atoms with Gasteiger partial charge in [-0.3, -0.25) is 30.0 Å². The fraction of sp³-hybridized carbons (Fsp3) is 0.231. The molecule has 0 unspecified atom stereocenters. The monoisotopic (exact) mass is 838 g/mol. The Hall–Kier alpha value is -6.02. The molecule has 19 heteroatoms. The summed E-state index contributed by atoms with van der Waals surface area (Å²) in [6, 6.07) is 22.4. The molecule has 7 rings (SSSR count). The maximum Gasteiger partial charge on any atom is 0.312 e. The van der Waals surface area contributed by atoms with E-state index in [1.165, 1.54) is 17.4 Å². The quantitative estimate of drug-likeness (QED) is 0.0631. The van der Waals surface area contributed by atoms with Crippen molar-refractivity contribution in [1.29, 1.82) is 0 Å². The second-order valence-corrected chi connectivity index (χ2v) is 17.4. The second-order valence-electron chi connectivity index (χ2n) is 13.6. The molecule has 0 radical (unpaired) electrons. The highest BCUT2D eigenvalue weighted by Crippen LogP contribution is 2.30. The number of nitrogens with zero attached hydrogens (tertiary/aromatic N) is 7. The van der Waals surface area contributed by atoms with Crippen molar-refractivity contribution in [1.82, 2.24) is 29.6 Å². The van der Waals surface area contributed by atoms with Crippen LogP contribution in [0.2, 0.25) is 0 Å². The van der Waals surface area contributed by atoms with Gasteiger partial charge in [0, 0.05) is 47.6 Å². The highest BCUT2D eigenvalue weighted by Gasteiger charge is 2.28. The number of thiazole rings is 1. The lowest BCUT2D eigenvalue weighted by molar-refractivity contribution is -0.384. The lowest BCUT2D eigenvalue weighted by atomic mass is 9.94. The first kappa shape index (κ1) is 40.2. The van der Waals surface area contributed by atoms with E-state index in [4.69, 9.17) is 0 Å². The predicted octanol–water partition coefficient (Wildman–Crippen LogP) is 5.85. The molecular weight excluding hydrogens is 801 g/mol. The van der Waals surface area contributed by atoms with E-state index in [0.29, 0.717) is 60.3 Å². The van der Waals surface area contributed by atoms with Gasteiger partial charge in [0.15, 0.2) is 5.13 Å². The molecule has 0 aliphatic carbocycles. The number of sulfonamides is 1. The van der Waals surface area contributed by atoms with E-state index in [2.05, 4.69) is 30.6 Å². The maximum absolute atomic E-state index is 13.5. The zero-order chi connectivity index (χ0) is 40.8. The summed E-state index contributed by atoms with van der Waals surface area (Å²) in [6.45, 7) is 1.52. The van der Waals surface area contributed by atoms with E-state index < -0.39 is 31.4 Å². The van der Waals surface area contributed by atoms with Gasteiger partial charge in [0.1, 0.15) is 21.9 Å². The smallest absolute Gasteiger partial charge is 0.312 e. The maximum atomic E-state index is 13.5. The van der Waals surface area contributed by atoms with E-state index in [1.54, 1.807) is 42.4 Å². The molecule has 58 heavy (non-hydrogen) atoms. The number of pyridine rings is 3. The Labute approximate surface area is 342 Å². The molecule has 16 nitrogen and oxygen atoms in total. The number of fused-ring (bicyclic) bond motifs is 2. The Morgan fingerprint density at radius 3 is 2.60 bits per heavy atom. The number of thioether (sulfide) groups is 1. The molecule has 1 atom stereocenters. The summed E-state index contributed by atoms with van der Waals surface area (Å²) < 4.78 is 29.8. The highest BCUT2D eigenvalue weighted by atomic mass is 32.2. The van der Waals surface area contributed by atoms with Crippen molar-refractivity contribution in [2.24, 2.45) is 0 Å². The van der Waals surface area contributed by atoms with Gasteiger partial charge in [-0.25, -0.2) is 28.1 Å². The molecule has 4 aromatic heterocycles. The number of carbonyl (C=O) groups excluding carboxylic acids is 2. The van der Waals surface area contributed by atoms with E-state index in [9.17, 15) is 28.1 Å². The summed E-state index contributed by atoms with van der Waals surface area (Å²) in [5.74, 6) is -0.465. The molecule has 2 aromatic carbocycles. The van der Waals surface area contributed by atoms with Gasteiger partial charge in [-0.15, -0.1) is 11.8 Å². The van der Waals surface area contributed by atoms with Crippen molar-refractivity contribution >= 4 is 77.6 Å². The standard InChI is InChI=1S/C39H38N10O6S3/c1-47(2)18-16-26(24-56-27-9-4-3-5-10-27)42-36-33(49(52)53)20-28(21-41-36)58(54,55)46-38(51)31-12-7-13-35(43-31)48-19-15-25-8-6-11-29(30(25)23-48)37(50)45-39-44-32-22-40-17-14-34(32)57-39/h3-14,17,20-22,26H,15-16,18-19,23-24H2,1-2H3,(H,41,42)(H,46,51)(H,44,45,50)/t26-/m1/s1. The van der Waals surface area contributed by atoms with Crippen LogP contribution in [0, 0.1) is 10.1 Å². The Kier molecular flexibility index (Phi) is 12.2. The van der Waals surface area contributed by atoms with Crippen molar-refractivity contribution in [3.05, 3.63) is 130 Å². The van der Waals surface area contributed by atoms with Crippen molar-refractivity contribution < 1.29 is 22.9 Å². The number of anilines is 3. The van der Waals surface area contributed by atoms with Crippen LogP contribution < -0.4 is 20.3 Å². The molecule has 0 bridgehead atoms. The number of hydrogen-bond acceptors (Lipinski definition) is 15. The topological polar surface area (TPSA) is 206 Å². The van der Waals surface area contributed by atoms with Gasteiger partial charge in [0.2, 0.25) is 5.82 Å². The number of carbonyl (C=O) groups is 2. The van der Waals surface area contributed by atoms with E-state index in [0.717, 1.165) is 33.0 Å². The molecule has 1 aliphatic rings. The number of nitro groups is 1. The van der Waals surface area contributed by atoms with Crippen molar-refractivity contribution in [3.8, 4) is 0 Å². The van der Waals surface area contributed by atoms with Crippen LogP contribution in [-0.2, 0) is 23.0 Å². The first-order chi connectivity index (χ1) is 27.9. The molecule has 2 amide bonds. The number of hydrogen-bond donors (Lipinski definition) is 3. The minimum atomic E-state index is -4.61. The summed E-state index contributed by atoms with van der Waals surface area (Å²) in [6.07, 6.45) is 5.51. The Bertz CT molecular complexity index is 2560. The Morgan fingerprint density at radius 2 is 1.83 bits per heavy atom. The van der Waals surface area contributed by atoms with Crippen LogP contribution in [0.4, 0.5) is 22.5 Å². The molecule has 0 saturated carbocycles. The van der Waals surface area contributed by atoms with E-state index >= 15 is 0 Å². The largest absolute Gasteiger partial charge is 0.361 e. The number of amides is 2. The molecule has 3 N–H and O–H groups in total. The third-order valence-corrected chi connectivity index (χ3v) is 12.7. The molecular formula is C39H38N10O6S3. The summed E-state index contributed by atoms with van der Waals surface area (Å²) >= 11 is 2.93. The zero-order valence-electron chi connectivity index (χ0n) is 31.4. The fourth-order valence-corrected chi connectivity index (χ4v) is 9.04. The van der Waals surface area contributed by atoms with E-state index in [1.807, 2.05) is 77.1 Å². The van der Waals surface area contributed by atoms with Crippen molar-refractivity contribution in [2.45, 2.75) is 35.2 Å². The van der Waals surface area contributed by atoms with Gasteiger partial charge in [-0.2, -0.15) is 0 Å². The van der Waals surface area contributed by atoms with Gasteiger partial charge in [-0.05, 0) is 81.0 Å². The first-order valence-electron chi connectivity index (χ1n) is 18.1. The SMILES string of the molecule is CN(C)CC[C@H](CSc1ccccc1)Nc1ncc(S(=O)(=O)NC(=O)c2cccc(N3CCc4cccc(C(=O)Nc5nc6cnccc6s5)c4C3)n2)cc1[N+](=O)[O-]. The second kappa shape index (κ2) is 17.6. The first-order valence-corrected chi connectivity index (χ1v) is 21.4. The van der Waals surface area contributed by atoms with E-state index in [-0.39, 0.29) is 23.5 Å². The molecule has 0 fully saturated rings. The lowest BCUT2D eigenvalue weighted by Gasteiger charge is -2.31. The number of aromatic nitrogens is 4. The predicted molar refractivity (Wildman–Crippen MR) is 224 cm³/mol. The van der Waals surface area contributed by atoms with Crippen molar-refractivity contribution in [3.63, 3.8) is 0 Å². The fourth-order valence-electron chi connectivity index (χ4n) is 6.30. The molecule has 298 valence electrons. The normalized spacial score (nSPS) is 13.2. The summed E-state index contributed by atoms with van der Waals surface area (Å²) in [7, 11) is -0.759. The average molecular weight is 839 g/mol. The molecule has 1 aliphatic heterocycles. The zero-order valence-corrected chi connectivity index (χ0v) is 33.8. The van der Waals surface area contributed by atoms with Gasteiger partial charge in [-0.1, -0.05) is 47.7 Å². The van der Waals surface area contributed by atoms with Gasteiger partial charge in [0.05, 0.1) is 22.0 Å². The minimum Gasteiger partial charge on any atom is -0.361 e. The molecule has 0 saturated heterocycles. The number of rotatable bonds is 15. The van der Waals surface area contributed by atoms with Crippen LogP contribution in [0.3, 0.4) is 0 Å². The van der Waals surface area contributed by atoms with Crippen LogP contribution in [-0.4, -0.2) is 89.0 Å².